The third-order valence-corrected chi connectivity index (χ3v) is 4.50. The fourth-order valence-electron chi connectivity index (χ4n) is 2.84. The smallest absolute Gasteiger partial charge is 0.221 e. The van der Waals surface area contributed by atoms with E-state index in [0.29, 0.717) is 18.0 Å². The number of hydrogen-bond donors (Lipinski definition) is 2. The van der Waals surface area contributed by atoms with Gasteiger partial charge in [0.05, 0.1) is 7.11 Å². The number of methoxy groups -OCH3 is 2. The van der Waals surface area contributed by atoms with Gasteiger partial charge in [-0.05, 0) is 30.7 Å². The third-order valence-electron chi connectivity index (χ3n) is 4.50. The van der Waals surface area contributed by atoms with Crippen LogP contribution in [0.15, 0.2) is 53.2 Å². The van der Waals surface area contributed by atoms with E-state index in [2.05, 4.69) is 9.97 Å². The lowest BCUT2D eigenvalue weighted by Gasteiger charge is -2.22. The molecule has 32 heavy (non-hydrogen) atoms. The summed E-state index contributed by atoms with van der Waals surface area (Å²) in [5.74, 6) is 1.96. The normalized spacial score (nSPS) is 20.2. The van der Waals surface area contributed by atoms with Crippen molar-refractivity contribution in [2.24, 2.45) is 0 Å². The van der Waals surface area contributed by atoms with E-state index in [0.717, 1.165) is 22.5 Å². The van der Waals surface area contributed by atoms with Gasteiger partial charge in [-0.2, -0.15) is 4.98 Å². The molecule has 2 atom stereocenters. The maximum atomic E-state index is 5.99. The van der Waals surface area contributed by atoms with Crippen LogP contribution in [0.2, 0.25) is 0 Å². The number of rotatable bonds is 4. The zero-order chi connectivity index (χ0) is 24.1. The molecule has 7 heteroatoms. The van der Waals surface area contributed by atoms with Gasteiger partial charge in [0.1, 0.15) is 29.5 Å². The molecule has 2 aliphatic carbocycles. The molecule has 3 aliphatic rings. The van der Waals surface area contributed by atoms with Gasteiger partial charge in [0.25, 0.3) is 0 Å². The third kappa shape index (κ3) is 8.04. The van der Waals surface area contributed by atoms with Crippen LogP contribution >= 0.6 is 0 Å². The maximum Gasteiger partial charge on any atom is 0.221 e. The molecule has 0 bridgehead atoms. The molecule has 1 saturated carbocycles. The van der Waals surface area contributed by atoms with E-state index >= 15 is 0 Å². The quantitative estimate of drug-likeness (QED) is 0.664. The minimum Gasteiger partial charge on any atom is -0.498 e. The first-order valence-corrected chi connectivity index (χ1v) is 11.5. The maximum absolute atomic E-state index is 5.99. The van der Waals surface area contributed by atoms with Crippen molar-refractivity contribution in [1.82, 2.24) is 9.97 Å². The Morgan fingerprint density at radius 1 is 1.09 bits per heavy atom. The molecule has 0 radical (unpaired) electrons. The van der Waals surface area contributed by atoms with Crippen LogP contribution in [0.5, 0.6) is 0 Å². The molecule has 1 aromatic heterocycles. The summed E-state index contributed by atoms with van der Waals surface area (Å²) in [4.78, 5) is 8.07. The highest BCUT2D eigenvalue weighted by Crippen LogP contribution is 2.33. The molecule has 7 nitrogen and oxygen atoms in total. The number of nitrogen functional groups attached to an aromatic ring is 2. The van der Waals surface area contributed by atoms with Gasteiger partial charge in [-0.1, -0.05) is 53.0 Å². The van der Waals surface area contributed by atoms with Crippen LogP contribution in [0.3, 0.4) is 0 Å². The highest BCUT2D eigenvalue weighted by Gasteiger charge is 2.25. The van der Waals surface area contributed by atoms with Gasteiger partial charge in [0, 0.05) is 30.9 Å². The van der Waals surface area contributed by atoms with Crippen LogP contribution < -0.4 is 11.5 Å². The number of hydrogen-bond acceptors (Lipinski definition) is 7. The van der Waals surface area contributed by atoms with Crippen LogP contribution in [-0.4, -0.2) is 36.4 Å². The summed E-state index contributed by atoms with van der Waals surface area (Å²) < 4.78 is 17.0. The Labute approximate surface area is 193 Å². The van der Waals surface area contributed by atoms with E-state index in [4.69, 9.17) is 25.7 Å². The van der Waals surface area contributed by atoms with Gasteiger partial charge in [0.2, 0.25) is 5.95 Å². The second kappa shape index (κ2) is 14.3. The van der Waals surface area contributed by atoms with E-state index < -0.39 is 0 Å². The lowest BCUT2D eigenvalue weighted by atomic mass is 9.98. The summed E-state index contributed by atoms with van der Waals surface area (Å²) in [7, 11) is 3.25. The molecule has 2 unspecified atom stereocenters. The van der Waals surface area contributed by atoms with Gasteiger partial charge >= 0.3 is 0 Å². The van der Waals surface area contributed by atoms with Crippen molar-refractivity contribution in [2.45, 2.75) is 72.5 Å². The molecule has 1 aromatic rings. The van der Waals surface area contributed by atoms with E-state index in [-0.39, 0.29) is 18.2 Å². The minimum atomic E-state index is -0.328. The van der Waals surface area contributed by atoms with Crippen molar-refractivity contribution in [2.75, 3.05) is 25.7 Å². The van der Waals surface area contributed by atoms with E-state index in [1.165, 1.54) is 19.3 Å². The number of anilines is 2. The molecule has 178 valence electrons. The number of nitrogens with two attached hydrogens (primary N) is 2. The molecular formula is C25H40N4O3. The number of allylic oxidation sites excluding steroid dienone is 3. The van der Waals surface area contributed by atoms with Gasteiger partial charge in [-0.15, -0.1) is 0 Å². The average Bonchev–Trinajstić information content (AvgIpc) is 3.69. The lowest BCUT2D eigenvalue weighted by molar-refractivity contribution is 0.103. The fraction of sp³-hybridized carbons (Fsp3) is 0.520. The number of nitrogens with zero attached hydrogens (tertiary/aromatic N) is 2. The monoisotopic (exact) mass is 444 g/mol. The zero-order valence-corrected chi connectivity index (χ0v) is 20.6. The Hall–Kier alpha value is -2.80. The summed E-state index contributed by atoms with van der Waals surface area (Å²) in [6.45, 7) is 9.98. The van der Waals surface area contributed by atoms with Crippen LogP contribution in [0.1, 0.15) is 59.4 Å². The molecule has 0 saturated heterocycles. The second-order valence-corrected chi connectivity index (χ2v) is 6.94. The Morgan fingerprint density at radius 2 is 1.75 bits per heavy atom. The van der Waals surface area contributed by atoms with Gasteiger partial charge in [-0.25, -0.2) is 4.98 Å². The number of aromatic nitrogens is 2. The summed E-state index contributed by atoms with van der Waals surface area (Å²) in [5, 5.41) is 0. The summed E-state index contributed by atoms with van der Waals surface area (Å²) in [5.41, 5.74) is 14.3. The van der Waals surface area contributed by atoms with Crippen LogP contribution in [0.25, 0.3) is 0 Å². The van der Waals surface area contributed by atoms with Crippen LogP contribution in [-0.2, 0) is 20.6 Å². The minimum absolute atomic E-state index is 0.0113. The van der Waals surface area contributed by atoms with Crippen molar-refractivity contribution in [3.05, 3.63) is 58.7 Å². The van der Waals surface area contributed by atoms with E-state index in [9.17, 15) is 0 Å². The second-order valence-electron chi connectivity index (χ2n) is 6.94. The van der Waals surface area contributed by atoms with Gasteiger partial charge in [0.15, 0.2) is 0 Å². The first-order chi connectivity index (χ1) is 15.5. The van der Waals surface area contributed by atoms with Crippen LogP contribution in [0.4, 0.5) is 11.8 Å². The summed E-state index contributed by atoms with van der Waals surface area (Å²) >= 11 is 0. The van der Waals surface area contributed by atoms with Crippen molar-refractivity contribution in [1.29, 1.82) is 0 Å². The molecule has 1 aliphatic heterocycles. The standard InChI is InChI=1S/C18H22N4O3.C3H6.2C2H6/c1-10-4-5-13-11(6-12-9-21-18(20)22-17(12)19)7-15(23-2)16(24-3)8-14(13)25-10;1-2-3-1;2*1-2/h4-5,7-10,16H,6H2,1-3H3,(H4,19,20,21,22);1-3H2;2*1-2H3. The van der Waals surface area contributed by atoms with E-state index in [1.807, 2.05) is 58.9 Å². The summed E-state index contributed by atoms with van der Waals surface area (Å²) in [6.07, 6.45) is 14.2. The van der Waals surface area contributed by atoms with Crippen molar-refractivity contribution < 1.29 is 14.2 Å². The average molecular weight is 445 g/mol. The molecule has 0 spiro atoms. The molecule has 4 N–H and O–H groups in total. The van der Waals surface area contributed by atoms with Crippen molar-refractivity contribution in [3.63, 3.8) is 0 Å². The van der Waals surface area contributed by atoms with E-state index in [1.54, 1.807) is 20.4 Å². The largest absolute Gasteiger partial charge is 0.498 e. The first kappa shape index (κ1) is 27.2. The molecule has 1 fully saturated rings. The van der Waals surface area contributed by atoms with Gasteiger partial charge in [-0.3, -0.25) is 0 Å². The number of fused-ring (bicyclic) bond motifs is 1. The summed E-state index contributed by atoms with van der Waals surface area (Å²) in [6, 6.07) is 0. The molecule has 2 heterocycles. The predicted molar refractivity (Wildman–Crippen MR) is 132 cm³/mol. The molecular weight excluding hydrogens is 404 g/mol. The van der Waals surface area contributed by atoms with Crippen molar-refractivity contribution >= 4 is 11.8 Å². The SMILES string of the molecule is C1CC1.CC.CC.COC1=CC(Cc2cnc(N)nc2N)=C2C=CC(C)OC2=CC1OC. The highest BCUT2D eigenvalue weighted by molar-refractivity contribution is 5.54. The highest BCUT2D eigenvalue weighted by atomic mass is 16.5. The fourth-order valence-corrected chi connectivity index (χ4v) is 2.84. The van der Waals surface area contributed by atoms with Gasteiger partial charge < -0.3 is 25.7 Å². The Balaban J connectivity index is 0.000000644. The molecule has 0 amide bonds. The Kier molecular flexibility index (Phi) is 12.2. The topological polar surface area (TPSA) is 106 Å². The molecule has 4 rings (SSSR count). The predicted octanol–water partition coefficient (Wildman–Crippen LogP) is 5.12. The van der Waals surface area contributed by atoms with Crippen LogP contribution in [0, 0.1) is 0 Å². The first-order valence-electron chi connectivity index (χ1n) is 11.5. The Morgan fingerprint density at radius 3 is 2.28 bits per heavy atom. The lowest BCUT2D eigenvalue weighted by Crippen LogP contribution is -2.15. The number of ether oxygens (including phenoxy) is 3. The zero-order valence-electron chi connectivity index (χ0n) is 20.6. The molecule has 0 aromatic carbocycles. The van der Waals surface area contributed by atoms with Crippen molar-refractivity contribution in [3.8, 4) is 0 Å². The Bertz CT molecular complexity index is 839.